The molecule has 6 aliphatic rings. The summed E-state index contributed by atoms with van der Waals surface area (Å²) in [6.45, 7) is 11.6. The molecule has 2 fully saturated rings. The fourth-order valence-corrected chi connectivity index (χ4v) is 14.1. The van der Waals surface area contributed by atoms with E-state index in [-0.39, 0.29) is 71.4 Å². The van der Waals surface area contributed by atoms with E-state index in [4.69, 9.17) is 29.5 Å². The number of alkyl halides is 9. The van der Waals surface area contributed by atoms with E-state index >= 15 is 0 Å². The predicted octanol–water partition coefficient (Wildman–Crippen LogP) is 14.4. The van der Waals surface area contributed by atoms with Crippen molar-refractivity contribution >= 4 is 15.9 Å². The summed E-state index contributed by atoms with van der Waals surface area (Å²) in [5.74, 6) is -3.42. The normalized spacial score (nSPS) is 16.4. The molecule has 592 valence electrons. The smallest absolute Gasteiger partial charge is 0.419 e. The average molecular weight is 1630 g/mol. The van der Waals surface area contributed by atoms with Gasteiger partial charge in [0.1, 0.15) is 41.3 Å². The van der Waals surface area contributed by atoms with Gasteiger partial charge in [-0.3, -0.25) is 19.7 Å². The second-order valence-corrected chi connectivity index (χ2v) is 28.6. The maximum absolute atomic E-state index is 14.1. The minimum Gasteiger partial charge on any atom is -1.00 e. The molecule has 2 aromatic heterocycles. The summed E-state index contributed by atoms with van der Waals surface area (Å²) in [4.78, 5) is 10.8. The Bertz CT molecular complexity index is 4430. The van der Waals surface area contributed by atoms with Gasteiger partial charge in [-0.15, -0.1) is 0 Å². The highest BCUT2D eigenvalue weighted by molar-refractivity contribution is 9.10. The number of aliphatic hydroxyl groups excluding tert-OH is 3. The fourth-order valence-electron chi connectivity index (χ4n) is 13.7. The molecule has 0 aliphatic carbocycles. The van der Waals surface area contributed by atoms with Crippen LogP contribution in [0.2, 0.25) is 0 Å². The van der Waals surface area contributed by atoms with Crippen molar-refractivity contribution in [1.29, 1.82) is 0 Å². The lowest BCUT2D eigenvalue weighted by atomic mass is 9.74. The summed E-state index contributed by atoms with van der Waals surface area (Å²) in [5, 5.41) is 29.6. The van der Waals surface area contributed by atoms with Crippen LogP contribution in [0.4, 0.5) is 52.7 Å². The second-order valence-electron chi connectivity index (χ2n) is 27.7. The van der Waals surface area contributed by atoms with Crippen molar-refractivity contribution in [1.82, 2.24) is 25.0 Å². The van der Waals surface area contributed by atoms with Crippen molar-refractivity contribution in [3.8, 4) is 17.2 Å². The van der Waals surface area contributed by atoms with E-state index in [9.17, 15) is 52.7 Å². The number of hydrogen-bond donors (Lipinski definition) is 4. The van der Waals surface area contributed by atoms with Crippen LogP contribution in [0.1, 0.15) is 99.7 Å². The van der Waals surface area contributed by atoms with Crippen LogP contribution in [0, 0.1) is 17.5 Å². The average Bonchev–Trinajstić information content (AvgIpc) is 1.60. The van der Waals surface area contributed by atoms with Gasteiger partial charge in [-0.2, -0.15) is 39.5 Å². The highest BCUT2D eigenvalue weighted by atomic mass is 79.9. The van der Waals surface area contributed by atoms with E-state index in [0.29, 0.717) is 30.4 Å². The highest BCUT2D eigenvalue weighted by Crippen LogP contribution is 2.50. The minimum absolute atomic E-state index is 0. The third-order valence-corrected chi connectivity index (χ3v) is 20.6. The number of aromatic nitrogens is 2. The van der Waals surface area contributed by atoms with E-state index in [1.54, 1.807) is 24.5 Å². The topological polar surface area (TPSA) is 127 Å². The Morgan fingerprint density at radius 3 is 1.29 bits per heavy atom. The van der Waals surface area contributed by atoms with E-state index in [0.717, 1.165) is 164 Å². The summed E-state index contributed by atoms with van der Waals surface area (Å²) in [7, 11) is 0. The molecule has 0 saturated carbocycles. The van der Waals surface area contributed by atoms with Gasteiger partial charge < -0.3 is 47.3 Å². The molecule has 6 aliphatic heterocycles. The van der Waals surface area contributed by atoms with Gasteiger partial charge >= 0.3 is 18.5 Å². The van der Waals surface area contributed by atoms with Gasteiger partial charge in [-0.05, 0) is 168 Å². The summed E-state index contributed by atoms with van der Waals surface area (Å²) in [5.41, 5.74) is 5.77. The van der Waals surface area contributed by atoms with Crippen LogP contribution < -0.4 is 36.5 Å². The predicted molar refractivity (Wildman–Crippen MR) is 399 cm³/mol. The molecular formula is C85H88BrClF12N6O6. The van der Waals surface area contributed by atoms with Gasteiger partial charge in [-0.25, -0.2) is 17.7 Å². The van der Waals surface area contributed by atoms with Crippen LogP contribution in [0.3, 0.4) is 0 Å². The van der Waals surface area contributed by atoms with Crippen LogP contribution >= 0.6 is 15.9 Å². The number of ether oxygens (including phenoxy) is 3. The van der Waals surface area contributed by atoms with Crippen molar-refractivity contribution in [2.24, 2.45) is 0 Å². The summed E-state index contributed by atoms with van der Waals surface area (Å²) in [6.07, 6.45) is 2.09. The number of likely N-dealkylation sites (tertiary alicyclic amines) is 1. The van der Waals surface area contributed by atoms with E-state index < -0.39 is 52.7 Å². The number of fused-ring (bicyclic) bond motifs is 4. The number of rotatable bonds is 14. The SMILES string of the molecule is Fc1cc(Br)c(OCC2=CCN(Cc3ccccc3)CC2)cc1C(F)(F)F.Fc1cc2c(cc1C(F)(F)F)OCC21CCN(Cc2ccccc2)CC1.Fc1cc2c(cc1C(F)(F)F)OCC21CCNCC1.OCC1=CCN(Cc2ccccc2)CC1.OCc1cc[n+](Cc2ccccc2)cc1.OCc1ccncc1.[Cl-]. The molecule has 26 heteroatoms. The number of aliphatic hydroxyl groups is 3. The Hall–Kier alpha value is -8.63. The fraction of sp³-hybridized carbons (Fsp3) is 0.341. The number of benzene rings is 7. The Kier molecular flexibility index (Phi) is 31.7. The lowest BCUT2D eigenvalue weighted by Gasteiger charge is -2.38. The molecule has 0 bridgehead atoms. The molecule has 8 heterocycles. The molecular weight excluding hydrogens is 1540 g/mol. The molecule has 0 radical (unpaired) electrons. The van der Waals surface area contributed by atoms with Gasteiger partial charge in [0.2, 0.25) is 0 Å². The summed E-state index contributed by atoms with van der Waals surface area (Å²) < 4.78 is 175. The number of nitrogens with one attached hydrogen (secondary N) is 1. The first-order valence-corrected chi connectivity index (χ1v) is 37.0. The number of pyridine rings is 2. The van der Waals surface area contributed by atoms with Crippen LogP contribution in [0.5, 0.6) is 17.2 Å². The molecule has 12 nitrogen and oxygen atoms in total. The Morgan fingerprint density at radius 1 is 0.468 bits per heavy atom. The molecule has 2 spiro atoms. The molecule has 7 aromatic carbocycles. The molecule has 0 unspecified atom stereocenters. The maximum atomic E-state index is 14.1. The van der Waals surface area contributed by atoms with Crippen molar-refractivity contribution in [3.05, 3.63) is 313 Å². The zero-order valence-corrected chi connectivity index (χ0v) is 63.2. The zero-order chi connectivity index (χ0) is 78.3. The first-order valence-electron chi connectivity index (χ1n) is 36.2. The number of piperidine rings is 2. The van der Waals surface area contributed by atoms with Gasteiger partial charge in [-0.1, -0.05) is 133 Å². The zero-order valence-electron chi connectivity index (χ0n) is 60.8. The molecule has 4 N–H and O–H groups in total. The third kappa shape index (κ3) is 24.9. The van der Waals surface area contributed by atoms with Crippen LogP contribution in [0.25, 0.3) is 0 Å². The molecule has 9 aromatic rings. The molecule has 15 rings (SSSR count). The van der Waals surface area contributed by atoms with E-state index in [1.807, 2.05) is 91.3 Å². The Balaban J connectivity index is 0.000000158. The quantitative estimate of drug-likeness (QED) is 0.0472. The third-order valence-electron chi connectivity index (χ3n) is 20.0. The van der Waals surface area contributed by atoms with Crippen LogP contribution in [-0.2, 0) is 68.8 Å². The lowest BCUT2D eigenvalue weighted by molar-refractivity contribution is -0.688. The maximum Gasteiger partial charge on any atom is 0.419 e. The number of halogens is 14. The van der Waals surface area contributed by atoms with Gasteiger partial charge in [0.15, 0.2) is 18.9 Å². The highest BCUT2D eigenvalue weighted by Gasteiger charge is 2.47. The molecule has 0 atom stereocenters. The molecule has 2 saturated heterocycles. The van der Waals surface area contributed by atoms with Gasteiger partial charge in [0, 0.05) is 97.9 Å². The van der Waals surface area contributed by atoms with Gasteiger partial charge in [0.25, 0.3) is 0 Å². The summed E-state index contributed by atoms with van der Waals surface area (Å²) >= 11 is 3.06. The lowest BCUT2D eigenvalue weighted by Crippen LogP contribution is -3.00. The van der Waals surface area contributed by atoms with Crippen LogP contribution in [-0.4, -0.2) is 114 Å². The number of nitrogens with zero attached hydrogens (tertiary/aromatic N) is 5. The number of hydrogen-bond acceptors (Lipinski definition) is 11. The molecule has 0 amide bonds. The summed E-state index contributed by atoms with van der Waals surface area (Å²) in [6, 6.07) is 53.7. The van der Waals surface area contributed by atoms with Crippen molar-refractivity contribution < 1.29 is 99.2 Å². The van der Waals surface area contributed by atoms with Crippen molar-refractivity contribution in [2.45, 2.75) is 107 Å². The Morgan fingerprint density at radius 2 is 0.874 bits per heavy atom. The largest absolute Gasteiger partial charge is 1.00 e. The molecule has 111 heavy (non-hydrogen) atoms. The minimum atomic E-state index is -4.76. The van der Waals surface area contributed by atoms with E-state index in [2.05, 4.69) is 112 Å². The monoisotopic (exact) mass is 1630 g/mol. The first-order chi connectivity index (χ1) is 52.8. The standard InChI is InChI=1S/C20H18BrF4NO.C20H19F4NO.C13H13F4NO.C13H17NO.C13H14NO.C6H7NO.ClH/c21-17-11-18(22)16(20(23,24)25)10-19(17)27-13-15-6-8-26(9-7-15)12-14-4-2-1-3-5-14;21-17-10-16-18(11-15(17)20(22,23)24)26-13-19(16)6-8-25(9-7-19)12-14-4-2-1-3-5-14;14-10-5-9-11(6-8(10)13(15,16)17)19-7-12(9)1-3-18-4-2-12;2*15-11-13-6-8-14(9-7-13)10-12-4-2-1-3-5-12;8-5-6-1-3-7-4-2-6;/h1-6,10-11H,7-9,12-13H2;1-5,10-11H,6-9,12-13H2;5-6,18H,1-4,7H2;1-6,15H,7-11H2;1-9,15H,10-11H2;1-4,8H,5H2;1H/q;;;;+1;;/p-1. The van der Waals surface area contributed by atoms with Gasteiger partial charge in [0.05, 0.1) is 54.2 Å². The first kappa shape index (κ1) is 86.4. The second kappa shape index (κ2) is 40.7. The van der Waals surface area contributed by atoms with Crippen molar-refractivity contribution in [3.63, 3.8) is 0 Å². The van der Waals surface area contributed by atoms with Crippen LogP contribution in [0.15, 0.2) is 235 Å². The van der Waals surface area contributed by atoms with Crippen molar-refractivity contribution in [2.75, 3.05) is 78.8 Å². The Labute approximate surface area is 653 Å². The van der Waals surface area contributed by atoms with E-state index in [1.165, 1.54) is 27.8 Å².